The molecule has 1 aromatic carbocycles. The Kier molecular flexibility index (Phi) is 3.99. The van der Waals surface area contributed by atoms with Crippen molar-refractivity contribution in [3.8, 4) is 5.75 Å². The minimum atomic E-state index is 0.0255. The van der Waals surface area contributed by atoms with E-state index in [0.29, 0.717) is 6.61 Å². The number of nitrogens with zero attached hydrogens (tertiary/aromatic N) is 1. The zero-order chi connectivity index (χ0) is 12.3. The Morgan fingerprint density at radius 2 is 2.29 bits per heavy atom. The Labute approximate surface area is 109 Å². The predicted molar refractivity (Wildman–Crippen MR) is 68.6 cm³/mol. The largest absolute Gasteiger partial charge is 0.486 e. The van der Waals surface area contributed by atoms with Crippen molar-refractivity contribution in [2.45, 2.75) is 20.1 Å². The highest BCUT2D eigenvalue weighted by atomic mass is 35.5. The summed E-state index contributed by atoms with van der Waals surface area (Å²) in [7, 11) is 0. The highest BCUT2D eigenvalue weighted by Gasteiger charge is 2.03. The number of hydrogen-bond donors (Lipinski definition) is 1. The standard InChI is InChI=1S/C12H12ClNO2S/c1-8-4-9(2-3-11(8)13)16-7-12-14-5-10(6-15)17-12/h2-5,15H,6-7H2,1H3. The first kappa shape index (κ1) is 12.4. The third-order valence-electron chi connectivity index (χ3n) is 2.25. The highest BCUT2D eigenvalue weighted by molar-refractivity contribution is 7.11. The van der Waals surface area contributed by atoms with Gasteiger partial charge in [0.15, 0.2) is 0 Å². The molecule has 0 fully saturated rings. The smallest absolute Gasteiger partial charge is 0.140 e. The molecule has 0 bridgehead atoms. The summed E-state index contributed by atoms with van der Waals surface area (Å²) in [6.07, 6.45) is 1.66. The minimum Gasteiger partial charge on any atom is -0.486 e. The van der Waals surface area contributed by atoms with Crippen molar-refractivity contribution in [2.24, 2.45) is 0 Å². The molecule has 2 rings (SSSR count). The number of halogens is 1. The lowest BCUT2D eigenvalue weighted by Gasteiger charge is -2.05. The molecule has 3 nitrogen and oxygen atoms in total. The molecule has 0 aliphatic heterocycles. The van der Waals surface area contributed by atoms with E-state index in [2.05, 4.69) is 4.98 Å². The van der Waals surface area contributed by atoms with Crippen molar-refractivity contribution in [3.63, 3.8) is 0 Å². The van der Waals surface area contributed by atoms with Gasteiger partial charge in [-0.1, -0.05) is 11.6 Å². The number of ether oxygens (including phenoxy) is 1. The van der Waals surface area contributed by atoms with Gasteiger partial charge in [0, 0.05) is 11.2 Å². The van der Waals surface area contributed by atoms with Crippen LogP contribution >= 0.6 is 22.9 Å². The topological polar surface area (TPSA) is 42.4 Å². The van der Waals surface area contributed by atoms with Gasteiger partial charge in [0.05, 0.1) is 11.5 Å². The molecule has 0 aliphatic carbocycles. The molecular formula is C12H12ClNO2S. The molecule has 1 heterocycles. The fourth-order valence-electron chi connectivity index (χ4n) is 1.34. The molecule has 0 amide bonds. The first-order chi connectivity index (χ1) is 8.19. The van der Waals surface area contributed by atoms with Crippen molar-refractivity contribution < 1.29 is 9.84 Å². The Morgan fingerprint density at radius 3 is 2.94 bits per heavy atom. The van der Waals surface area contributed by atoms with Crippen molar-refractivity contribution in [3.05, 3.63) is 44.9 Å². The summed E-state index contributed by atoms with van der Waals surface area (Å²) in [5.41, 5.74) is 0.986. The van der Waals surface area contributed by atoms with E-state index in [-0.39, 0.29) is 6.61 Å². The summed E-state index contributed by atoms with van der Waals surface area (Å²) in [4.78, 5) is 4.99. The first-order valence-electron chi connectivity index (χ1n) is 5.12. The van der Waals surface area contributed by atoms with Crippen LogP contribution in [0.15, 0.2) is 24.4 Å². The van der Waals surface area contributed by atoms with Crippen LogP contribution in [0.25, 0.3) is 0 Å². The second-order valence-corrected chi connectivity index (χ2v) is 5.19. The van der Waals surface area contributed by atoms with Crippen LogP contribution in [0.5, 0.6) is 5.75 Å². The quantitative estimate of drug-likeness (QED) is 0.927. The van der Waals surface area contributed by atoms with Crippen LogP contribution in [0, 0.1) is 6.92 Å². The van der Waals surface area contributed by atoms with E-state index in [9.17, 15) is 0 Å². The number of aliphatic hydroxyl groups excluding tert-OH is 1. The lowest BCUT2D eigenvalue weighted by atomic mass is 10.2. The second kappa shape index (κ2) is 5.49. The average Bonchev–Trinajstić information content (AvgIpc) is 2.79. The Hall–Kier alpha value is -1.10. The van der Waals surface area contributed by atoms with Crippen LogP contribution < -0.4 is 4.74 Å². The van der Waals surface area contributed by atoms with Gasteiger partial charge in [0.1, 0.15) is 17.4 Å². The van der Waals surface area contributed by atoms with Crippen molar-refractivity contribution in [1.82, 2.24) is 4.98 Å². The molecule has 0 spiro atoms. The van der Waals surface area contributed by atoms with Gasteiger partial charge in [0.2, 0.25) is 0 Å². The van der Waals surface area contributed by atoms with Crippen molar-refractivity contribution in [1.29, 1.82) is 0 Å². The van der Waals surface area contributed by atoms with Crippen LogP contribution in [0.3, 0.4) is 0 Å². The monoisotopic (exact) mass is 269 g/mol. The third kappa shape index (κ3) is 3.19. The maximum atomic E-state index is 8.92. The average molecular weight is 270 g/mol. The molecule has 0 saturated carbocycles. The molecular weight excluding hydrogens is 258 g/mol. The van der Waals surface area contributed by atoms with Gasteiger partial charge in [0.25, 0.3) is 0 Å². The maximum absolute atomic E-state index is 8.92. The third-order valence-corrected chi connectivity index (χ3v) is 3.63. The molecule has 0 aliphatic rings. The first-order valence-corrected chi connectivity index (χ1v) is 6.32. The van der Waals surface area contributed by atoms with Crippen LogP contribution in [-0.4, -0.2) is 10.1 Å². The van der Waals surface area contributed by atoms with Crippen molar-refractivity contribution >= 4 is 22.9 Å². The summed E-state index contributed by atoms with van der Waals surface area (Å²) in [6.45, 7) is 2.37. The van der Waals surface area contributed by atoms with Crippen molar-refractivity contribution in [2.75, 3.05) is 0 Å². The second-order valence-electron chi connectivity index (χ2n) is 3.58. The van der Waals surface area contributed by atoms with Gasteiger partial charge in [-0.2, -0.15) is 0 Å². The van der Waals surface area contributed by atoms with E-state index in [0.717, 1.165) is 26.2 Å². The number of aromatic nitrogens is 1. The summed E-state index contributed by atoms with van der Waals surface area (Å²) >= 11 is 7.37. The Morgan fingerprint density at radius 1 is 1.47 bits per heavy atom. The molecule has 90 valence electrons. The summed E-state index contributed by atoms with van der Waals surface area (Å²) in [6, 6.07) is 5.53. The number of benzene rings is 1. The van der Waals surface area contributed by atoms with Gasteiger partial charge >= 0.3 is 0 Å². The molecule has 17 heavy (non-hydrogen) atoms. The van der Waals surface area contributed by atoms with Crippen LogP contribution in [0.1, 0.15) is 15.4 Å². The fourth-order valence-corrected chi connectivity index (χ4v) is 2.15. The maximum Gasteiger partial charge on any atom is 0.140 e. The van der Waals surface area contributed by atoms with E-state index in [1.165, 1.54) is 11.3 Å². The van der Waals surface area contributed by atoms with Gasteiger partial charge in [-0.05, 0) is 30.7 Å². The molecule has 5 heteroatoms. The molecule has 0 atom stereocenters. The highest BCUT2D eigenvalue weighted by Crippen LogP contribution is 2.22. The summed E-state index contributed by atoms with van der Waals surface area (Å²) in [5.74, 6) is 0.771. The molecule has 1 aromatic heterocycles. The summed E-state index contributed by atoms with van der Waals surface area (Å²) < 4.78 is 5.59. The number of aryl methyl sites for hydroxylation is 1. The number of hydrogen-bond acceptors (Lipinski definition) is 4. The number of thiazole rings is 1. The Balaban J connectivity index is 1.99. The van der Waals surface area contributed by atoms with Crippen LogP contribution in [-0.2, 0) is 13.2 Å². The van der Waals surface area contributed by atoms with Gasteiger partial charge in [-0.25, -0.2) is 4.98 Å². The van der Waals surface area contributed by atoms with E-state index in [1.54, 1.807) is 6.20 Å². The number of rotatable bonds is 4. The van der Waals surface area contributed by atoms with E-state index in [4.69, 9.17) is 21.4 Å². The SMILES string of the molecule is Cc1cc(OCc2ncc(CO)s2)ccc1Cl. The molecule has 0 unspecified atom stereocenters. The Bertz CT molecular complexity index is 513. The summed E-state index contributed by atoms with van der Waals surface area (Å²) in [5, 5.41) is 10.5. The fraction of sp³-hybridized carbons (Fsp3) is 0.250. The molecule has 2 aromatic rings. The minimum absolute atomic E-state index is 0.0255. The molecule has 0 saturated heterocycles. The lowest BCUT2D eigenvalue weighted by molar-refractivity contribution is 0.285. The van der Waals surface area contributed by atoms with Gasteiger partial charge in [-0.15, -0.1) is 11.3 Å². The molecule has 1 N–H and O–H groups in total. The molecule has 0 radical (unpaired) electrons. The van der Waals surface area contributed by atoms with E-state index < -0.39 is 0 Å². The van der Waals surface area contributed by atoms with E-state index >= 15 is 0 Å². The zero-order valence-corrected chi connectivity index (χ0v) is 10.9. The van der Waals surface area contributed by atoms with Crippen LogP contribution in [0.4, 0.5) is 0 Å². The predicted octanol–water partition coefficient (Wildman–Crippen LogP) is 3.18. The van der Waals surface area contributed by atoms with Gasteiger partial charge in [-0.3, -0.25) is 0 Å². The van der Waals surface area contributed by atoms with Gasteiger partial charge < -0.3 is 9.84 Å². The zero-order valence-electron chi connectivity index (χ0n) is 9.31. The lowest BCUT2D eigenvalue weighted by Crippen LogP contribution is -1.94. The van der Waals surface area contributed by atoms with Crippen LogP contribution in [0.2, 0.25) is 5.02 Å². The van der Waals surface area contributed by atoms with E-state index in [1.807, 2.05) is 25.1 Å². The number of aliphatic hydroxyl groups is 1. The normalized spacial score (nSPS) is 10.5.